The highest BCUT2D eigenvalue weighted by Gasteiger charge is 2.04. The predicted octanol–water partition coefficient (Wildman–Crippen LogP) is 3.56. The first-order chi connectivity index (χ1) is 8.63. The molecule has 18 heavy (non-hydrogen) atoms. The minimum absolute atomic E-state index is 0.252. The summed E-state index contributed by atoms with van der Waals surface area (Å²) in [6.45, 7) is 6.50. The Bertz CT molecular complexity index is 358. The highest BCUT2D eigenvalue weighted by Crippen LogP contribution is 2.26. The van der Waals surface area contributed by atoms with Crippen molar-refractivity contribution in [1.29, 1.82) is 0 Å². The van der Waals surface area contributed by atoms with Crippen molar-refractivity contribution >= 4 is 23.4 Å². The summed E-state index contributed by atoms with van der Waals surface area (Å²) in [5.41, 5.74) is 1.24. The number of aliphatic hydroxyl groups excluding tert-OH is 1. The van der Waals surface area contributed by atoms with E-state index in [2.05, 4.69) is 25.2 Å². The van der Waals surface area contributed by atoms with Gasteiger partial charge >= 0.3 is 0 Å². The summed E-state index contributed by atoms with van der Waals surface area (Å²) >= 11 is 7.82. The van der Waals surface area contributed by atoms with E-state index in [0.29, 0.717) is 5.92 Å². The van der Waals surface area contributed by atoms with E-state index in [1.165, 1.54) is 10.5 Å². The van der Waals surface area contributed by atoms with Crippen molar-refractivity contribution in [1.82, 2.24) is 5.32 Å². The van der Waals surface area contributed by atoms with Gasteiger partial charge in [0.2, 0.25) is 0 Å². The zero-order chi connectivity index (χ0) is 13.4. The summed E-state index contributed by atoms with van der Waals surface area (Å²) in [6, 6.07) is 6.02. The largest absolute Gasteiger partial charge is 0.396 e. The molecule has 0 heterocycles. The summed E-state index contributed by atoms with van der Waals surface area (Å²) in [7, 11) is 0. The van der Waals surface area contributed by atoms with Gasteiger partial charge in [0.25, 0.3) is 0 Å². The number of benzene rings is 1. The molecule has 2 N–H and O–H groups in total. The van der Waals surface area contributed by atoms with E-state index in [4.69, 9.17) is 16.7 Å². The fourth-order valence-corrected chi connectivity index (χ4v) is 2.74. The average molecular weight is 288 g/mol. The molecular formula is C14H22ClNOS. The second-order valence-electron chi connectivity index (χ2n) is 4.70. The molecule has 0 amide bonds. The van der Waals surface area contributed by atoms with Crippen LogP contribution in [0, 0.1) is 5.92 Å². The van der Waals surface area contributed by atoms with Crippen molar-refractivity contribution in [2.75, 3.05) is 18.9 Å². The van der Waals surface area contributed by atoms with E-state index in [1.807, 2.05) is 12.1 Å². The molecule has 1 rings (SSSR count). The molecular weight excluding hydrogens is 266 g/mol. The van der Waals surface area contributed by atoms with Gasteiger partial charge in [-0.25, -0.2) is 0 Å². The molecule has 0 fully saturated rings. The molecule has 102 valence electrons. The first-order valence-corrected chi connectivity index (χ1v) is 7.72. The molecule has 2 nitrogen and oxygen atoms in total. The summed E-state index contributed by atoms with van der Waals surface area (Å²) in [4.78, 5) is 1.25. The van der Waals surface area contributed by atoms with Crippen LogP contribution in [0.3, 0.4) is 0 Å². The monoisotopic (exact) mass is 287 g/mol. The molecule has 0 saturated carbocycles. The fourth-order valence-electron chi connectivity index (χ4n) is 1.57. The van der Waals surface area contributed by atoms with Gasteiger partial charge in [-0.05, 0) is 42.6 Å². The number of hydrogen-bond acceptors (Lipinski definition) is 3. The number of hydrogen-bond donors (Lipinski definition) is 2. The highest BCUT2D eigenvalue weighted by atomic mass is 35.5. The predicted molar refractivity (Wildman–Crippen MR) is 80.4 cm³/mol. The molecule has 0 bridgehead atoms. The van der Waals surface area contributed by atoms with Crippen LogP contribution in [0.5, 0.6) is 0 Å². The normalized spacial score (nSPS) is 11.2. The van der Waals surface area contributed by atoms with Crippen LogP contribution in [0.4, 0.5) is 0 Å². The van der Waals surface area contributed by atoms with Gasteiger partial charge in [-0.1, -0.05) is 25.4 Å². The van der Waals surface area contributed by atoms with Gasteiger partial charge in [0.05, 0.1) is 0 Å². The Kier molecular flexibility index (Phi) is 7.75. The van der Waals surface area contributed by atoms with Gasteiger partial charge in [-0.2, -0.15) is 0 Å². The smallest absolute Gasteiger partial charge is 0.0439 e. The third-order valence-corrected chi connectivity index (χ3v) is 3.89. The lowest BCUT2D eigenvalue weighted by Gasteiger charge is -2.12. The standard InChI is InChI=1S/C14H22ClNOS/c1-11(2)9-16-10-12-8-13(15)4-5-14(12)18-7-3-6-17/h4-5,8,11,16-17H,3,6-7,9-10H2,1-2H3. The van der Waals surface area contributed by atoms with Gasteiger partial charge < -0.3 is 10.4 Å². The molecule has 0 aliphatic rings. The molecule has 0 aliphatic carbocycles. The van der Waals surface area contributed by atoms with E-state index in [1.54, 1.807) is 11.8 Å². The van der Waals surface area contributed by atoms with Crippen LogP contribution >= 0.6 is 23.4 Å². The zero-order valence-corrected chi connectivity index (χ0v) is 12.7. The Morgan fingerprint density at radius 1 is 1.39 bits per heavy atom. The Balaban J connectivity index is 2.58. The minimum Gasteiger partial charge on any atom is -0.396 e. The molecule has 0 unspecified atom stereocenters. The van der Waals surface area contributed by atoms with Crippen LogP contribution in [0.15, 0.2) is 23.1 Å². The van der Waals surface area contributed by atoms with E-state index in [-0.39, 0.29) is 6.61 Å². The molecule has 0 saturated heterocycles. The molecule has 1 aromatic rings. The lowest BCUT2D eigenvalue weighted by molar-refractivity contribution is 0.296. The van der Waals surface area contributed by atoms with Crippen LogP contribution in [0.1, 0.15) is 25.8 Å². The summed E-state index contributed by atoms with van der Waals surface area (Å²) in [6.07, 6.45) is 0.826. The third kappa shape index (κ3) is 6.10. The summed E-state index contributed by atoms with van der Waals surface area (Å²) in [5.74, 6) is 1.59. The highest BCUT2D eigenvalue weighted by molar-refractivity contribution is 7.99. The van der Waals surface area contributed by atoms with Crippen LogP contribution in [0.2, 0.25) is 5.02 Å². The molecule has 0 aromatic heterocycles. The Morgan fingerprint density at radius 2 is 2.17 bits per heavy atom. The van der Waals surface area contributed by atoms with Crippen molar-refractivity contribution in [3.05, 3.63) is 28.8 Å². The number of nitrogens with one attached hydrogen (secondary N) is 1. The summed E-state index contributed by atoms with van der Waals surface area (Å²) in [5, 5.41) is 13.0. The molecule has 1 aromatic carbocycles. The van der Waals surface area contributed by atoms with Crippen molar-refractivity contribution in [2.45, 2.75) is 31.7 Å². The van der Waals surface area contributed by atoms with Gasteiger partial charge in [0, 0.05) is 28.8 Å². The maximum absolute atomic E-state index is 8.81. The van der Waals surface area contributed by atoms with Crippen LogP contribution in [-0.4, -0.2) is 24.0 Å². The fraction of sp³-hybridized carbons (Fsp3) is 0.571. The number of halogens is 1. The SMILES string of the molecule is CC(C)CNCc1cc(Cl)ccc1SCCCO. The molecule has 0 atom stereocenters. The van der Waals surface area contributed by atoms with Gasteiger partial charge in [-0.15, -0.1) is 11.8 Å². The number of aliphatic hydroxyl groups is 1. The number of rotatable bonds is 8. The van der Waals surface area contributed by atoms with Crippen molar-refractivity contribution in [2.24, 2.45) is 5.92 Å². The topological polar surface area (TPSA) is 32.3 Å². The van der Waals surface area contributed by atoms with E-state index < -0.39 is 0 Å². The second kappa shape index (κ2) is 8.81. The first-order valence-electron chi connectivity index (χ1n) is 6.36. The van der Waals surface area contributed by atoms with Gasteiger partial charge in [0.15, 0.2) is 0 Å². The van der Waals surface area contributed by atoms with E-state index in [9.17, 15) is 0 Å². The molecule has 0 spiro atoms. The maximum Gasteiger partial charge on any atom is 0.0439 e. The van der Waals surface area contributed by atoms with Crippen LogP contribution in [-0.2, 0) is 6.54 Å². The van der Waals surface area contributed by atoms with E-state index >= 15 is 0 Å². The first kappa shape index (κ1) is 15.8. The lowest BCUT2D eigenvalue weighted by atomic mass is 10.2. The molecule has 0 radical (unpaired) electrons. The quantitative estimate of drug-likeness (QED) is 0.566. The van der Waals surface area contributed by atoms with Crippen LogP contribution in [0.25, 0.3) is 0 Å². The third-order valence-electron chi connectivity index (χ3n) is 2.45. The Hall–Kier alpha value is -0.220. The van der Waals surface area contributed by atoms with Gasteiger partial charge in [-0.3, -0.25) is 0 Å². The second-order valence-corrected chi connectivity index (χ2v) is 6.28. The minimum atomic E-state index is 0.252. The Labute approximate surface area is 119 Å². The number of thioether (sulfide) groups is 1. The van der Waals surface area contributed by atoms with Crippen molar-refractivity contribution < 1.29 is 5.11 Å². The van der Waals surface area contributed by atoms with Gasteiger partial charge in [0.1, 0.15) is 0 Å². The average Bonchev–Trinajstić information content (AvgIpc) is 2.31. The van der Waals surface area contributed by atoms with Crippen molar-refractivity contribution in [3.63, 3.8) is 0 Å². The lowest BCUT2D eigenvalue weighted by Crippen LogP contribution is -2.19. The molecule has 4 heteroatoms. The molecule has 0 aliphatic heterocycles. The summed E-state index contributed by atoms with van der Waals surface area (Å²) < 4.78 is 0. The maximum atomic E-state index is 8.81. The van der Waals surface area contributed by atoms with Crippen molar-refractivity contribution in [3.8, 4) is 0 Å². The van der Waals surface area contributed by atoms with E-state index in [0.717, 1.165) is 30.3 Å². The Morgan fingerprint density at radius 3 is 2.83 bits per heavy atom. The zero-order valence-electron chi connectivity index (χ0n) is 11.1. The van der Waals surface area contributed by atoms with Crippen LogP contribution < -0.4 is 5.32 Å².